The number of hydrogen-bond acceptors (Lipinski definition) is 3. The molecule has 0 aliphatic heterocycles. The number of hydrogen-bond donors (Lipinski definition) is 1. The Labute approximate surface area is 118 Å². The molecule has 1 aromatic rings. The Morgan fingerprint density at radius 1 is 1.37 bits per heavy atom. The van der Waals surface area contributed by atoms with Crippen LogP contribution >= 0.6 is 11.6 Å². The van der Waals surface area contributed by atoms with Gasteiger partial charge in [0.25, 0.3) is 5.91 Å². The van der Waals surface area contributed by atoms with Crippen molar-refractivity contribution < 1.29 is 9.59 Å². The van der Waals surface area contributed by atoms with Crippen molar-refractivity contribution in [3.8, 4) is 0 Å². The molecule has 0 atom stereocenters. The van der Waals surface area contributed by atoms with Crippen LogP contribution in [0.3, 0.4) is 0 Å². The number of nitrogens with one attached hydrogen (secondary N) is 1. The number of carbonyl (C=O) groups excluding carboxylic acids is 2. The molecule has 0 spiro atoms. The highest BCUT2D eigenvalue weighted by molar-refractivity contribution is 6.29. The van der Waals surface area contributed by atoms with Crippen LogP contribution < -0.4 is 5.32 Å². The normalized spacial score (nSPS) is 11.0. The van der Waals surface area contributed by atoms with Gasteiger partial charge in [-0.15, -0.1) is 0 Å². The SMILES string of the molecule is CN(CC(=O)NC(C)(C)C)C(=O)c1ccc(Cl)nc1. The van der Waals surface area contributed by atoms with Gasteiger partial charge in [-0.2, -0.15) is 0 Å². The predicted octanol–water partition coefficient (Wildman–Crippen LogP) is 1.72. The van der Waals surface area contributed by atoms with Crippen molar-refractivity contribution >= 4 is 23.4 Å². The van der Waals surface area contributed by atoms with Gasteiger partial charge in [0.2, 0.25) is 5.91 Å². The maximum absolute atomic E-state index is 12.0. The maximum Gasteiger partial charge on any atom is 0.255 e. The summed E-state index contributed by atoms with van der Waals surface area (Å²) in [7, 11) is 1.57. The topological polar surface area (TPSA) is 62.3 Å². The molecule has 0 unspecified atom stereocenters. The van der Waals surface area contributed by atoms with Crippen LogP contribution in [0.25, 0.3) is 0 Å². The quantitative estimate of drug-likeness (QED) is 0.859. The average Bonchev–Trinajstić information content (AvgIpc) is 2.26. The van der Waals surface area contributed by atoms with E-state index in [9.17, 15) is 9.59 Å². The fourth-order valence-corrected chi connectivity index (χ4v) is 1.58. The zero-order chi connectivity index (χ0) is 14.6. The fourth-order valence-electron chi connectivity index (χ4n) is 1.47. The average molecular weight is 284 g/mol. The third-order valence-corrected chi connectivity index (χ3v) is 2.44. The van der Waals surface area contributed by atoms with Gasteiger partial charge in [0, 0.05) is 18.8 Å². The van der Waals surface area contributed by atoms with E-state index in [1.165, 1.54) is 17.2 Å². The van der Waals surface area contributed by atoms with Crippen LogP contribution in [0.4, 0.5) is 0 Å². The van der Waals surface area contributed by atoms with E-state index in [0.717, 1.165) is 0 Å². The van der Waals surface area contributed by atoms with E-state index in [-0.39, 0.29) is 23.9 Å². The van der Waals surface area contributed by atoms with Crippen molar-refractivity contribution in [2.24, 2.45) is 0 Å². The number of nitrogens with zero attached hydrogens (tertiary/aromatic N) is 2. The Balaban J connectivity index is 2.63. The van der Waals surface area contributed by atoms with Gasteiger partial charge in [0.05, 0.1) is 12.1 Å². The summed E-state index contributed by atoms with van der Waals surface area (Å²) < 4.78 is 0. The van der Waals surface area contributed by atoms with Gasteiger partial charge in [-0.3, -0.25) is 9.59 Å². The molecule has 0 saturated heterocycles. The minimum Gasteiger partial charge on any atom is -0.350 e. The molecule has 1 aromatic heterocycles. The molecule has 1 heterocycles. The van der Waals surface area contributed by atoms with Crippen molar-refractivity contribution in [1.29, 1.82) is 0 Å². The first kappa shape index (κ1) is 15.4. The molecule has 104 valence electrons. The molecule has 5 nitrogen and oxygen atoms in total. The first-order chi connectivity index (χ1) is 8.69. The number of halogens is 1. The van der Waals surface area contributed by atoms with E-state index in [4.69, 9.17) is 11.6 Å². The Morgan fingerprint density at radius 3 is 2.47 bits per heavy atom. The molecule has 0 fully saturated rings. The first-order valence-corrected chi connectivity index (χ1v) is 6.25. The van der Waals surface area contributed by atoms with Crippen LogP contribution in [0.1, 0.15) is 31.1 Å². The van der Waals surface area contributed by atoms with Crippen LogP contribution in [0.15, 0.2) is 18.3 Å². The molecule has 0 radical (unpaired) electrons. The van der Waals surface area contributed by atoms with Crippen LogP contribution in [0.2, 0.25) is 5.15 Å². The second-order valence-electron chi connectivity index (χ2n) is 5.33. The van der Waals surface area contributed by atoms with Gasteiger partial charge in [-0.1, -0.05) is 11.6 Å². The van der Waals surface area contributed by atoms with E-state index in [1.807, 2.05) is 20.8 Å². The Bertz CT molecular complexity index is 466. The van der Waals surface area contributed by atoms with Gasteiger partial charge in [0.1, 0.15) is 5.15 Å². The smallest absolute Gasteiger partial charge is 0.255 e. The summed E-state index contributed by atoms with van der Waals surface area (Å²) in [5.74, 6) is -0.474. The minimum atomic E-state index is -0.317. The van der Waals surface area contributed by atoms with E-state index < -0.39 is 0 Å². The Hall–Kier alpha value is -1.62. The maximum atomic E-state index is 12.0. The lowest BCUT2D eigenvalue weighted by molar-refractivity contribution is -0.122. The lowest BCUT2D eigenvalue weighted by Crippen LogP contribution is -2.46. The van der Waals surface area contributed by atoms with E-state index in [0.29, 0.717) is 10.7 Å². The zero-order valence-corrected chi connectivity index (χ0v) is 12.3. The van der Waals surface area contributed by atoms with E-state index >= 15 is 0 Å². The fraction of sp³-hybridized carbons (Fsp3) is 0.462. The largest absolute Gasteiger partial charge is 0.350 e. The van der Waals surface area contributed by atoms with Crippen molar-refractivity contribution in [2.45, 2.75) is 26.3 Å². The molecule has 1 N–H and O–H groups in total. The summed E-state index contributed by atoms with van der Waals surface area (Å²) in [6.07, 6.45) is 1.39. The Morgan fingerprint density at radius 2 is 2.00 bits per heavy atom. The van der Waals surface area contributed by atoms with Crippen LogP contribution in [-0.4, -0.2) is 40.8 Å². The molecular formula is C13H18ClN3O2. The molecule has 0 saturated carbocycles. The summed E-state index contributed by atoms with van der Waals surface area (Å²) in [6.45, 7) is 5.65. The van der Waals surface area contributed by atoms with Crippen molar-refractivity contribution in [3.05, 3.63) is 29.0 Å². The molecule has 2 amide bonds. The number of likely N-dealkylation sites (N-methyl/N-ethyl adjacent to an activating group) is 1. The lowest BCUT2D eigenvalue weighted by atomic mass is 10.1. The van der Waals surface area contributed by atoms with Crippen molar-refractivity contribution in [1.82, 2.24) is 15.2 Å². The van der Waals surface area contributed by atoms with Gasteiger partial charge in [-0.25, -0.2) is 4.98 Å². The van der Waals surface area contributed by atoms with Crippen LogP contribution in [-0.2, 0) is 4.79 Å². The highest BCUT2D eigenvalue weighted by atomic mass is 35.5. The van der Waals surface area contributed by atoms with Gasteiger partial charge >= 0.3 is 0 Å². The molecule has 19 heavy (non-hydrogen) atoms. The monoisotopic (exact) mass is 283 g/mol. The van der Waals surface area contributed by atoms with Gasteiger partial charge in [0.15, 0.2) is 0 Å². The molecular weight excluding hydrogens is 266 g/mol. The summed E-state index contributed by atoms with van der Waals surface area (Å²) in [6, 6.07) is 3.12. The molecule has 0 bridgehead atoms. The molecule has 1 rings (SSSR count). The number of amides is 2. The summed E-state index contributed by atoms with van der Waals surface area (Å²) in [4.78, 5) is 28.9. The summed E-state index contributed by atoms with van der Waals surface area (Å²) in [5, 5.41) is 3.12. The third-order valence-electron chi connectivity index (χ3n) is 2.22. The second kappa shape index (κ2) is 6.02. The van der Waals surface area contributed by atoms with Crippen molar-refractivity contribution in [2.75, 3.05) is 13.6 Å². The molecule has 0 aliphatic rings. The number of aromatic nitrogens is 1. The number of carbonyl (C=O) groups is 2. The first-order valence-electron chi connectivity index (χ1n) is 5.87. The van der Waals surface area contributed by atoms with Gasteiger partial charge in [-0.05, 0) is 32.9 Å². The van der Waals surface area contributed by atoms with Crippen LogP contribution in [0.5, 0.6) is 0 Å². The van der Waals surface area contributed by atoms with Crippen LogP contribution in [0, 0.1) is 0 Å². The highest BCUT2D eigenvalue weighted by Gasteiger charge is 2.18. The molecule has 0 aromatic carbocycles. The van der Waals surface area contributed by atoms with E-state index in [1.54, 1.807) is 13.1 Å². The second-order valence-corrected chi connectivity index (χ2v) is 5.72. The molecule has 6 heteroatoms. The third kappa shape index (κ3) is 5.26. The Kier molecular flexibility index (Phi) is 4.89. The van der Waals surface area contributed by atoms with E-state index in [2.05, 4.69) is 10.3 Å². The number of pyridine rings is 1. The summed E-state index contributed by atoms with van der Waals surface area (Å²) >= 11 is 5.65. The molecule has 0 aliphatic carbocycles. The summed E-state index contributed by atoms with van der Waals surface area (Å²) in [5.41, 5.74) is 0.0819. The zero-order valence-electron chi connectivity index (χ0n) is 11.5. The van der Waals surface area contributed by atoms with Gasteiger partial charge < -0.3 is 10.2 Å². The lowest BCUT2D eigenvalue weighted by Gasteiger charge is -2.23. The standard InChI is InChI=1S/C13H18ClN3O2/c1-13(2,3)16-11(18)8-17(4)12(19)9-5-6-10(14)15-7-9/h5-7H,8H2,1-4H3,(H,16,18). The highest BCUT2D eigenvalue weighted by Crippen LogP contribution is 2.07. The van der Waals surface area contributed by atoms with Crippen molar-refractivity contribution in [3.63, 3.8) is 0 Å². The minimum absolute atomic E-state index is 0.00126. The number of rotatable bonds is 3. The predicted molar refractivity (Wildman–Crippen MR) is 74.1 cm³/mol.